The van der Waals surface area contributed by atoms with Crippen LogP contribution in [0.3, 0.4) is 0 Å². The SMILES string of the molecule is NNC(c1ccc(Cl)c(Cl)c1)c1occc1Br. The van der Waals surface area contributed by atoms with Crippen molar-refractivity contribution in [2.75, 3.05) is 0 Å². The Hall–Kier alpha value is -0.520. The lowest BCUT2D eigenvalue weighted by Crippen LogP contribution is -2.28. The molecule has 0 aliphatic carbocycles. The predicted octanol–water partition coefficient (Wildman–Crippen LogP) is 3.90. The molecule has 0 saturated carbocycles. The van der Waals surface area contributed by atoms with Gasteiger partial charge in [0, 0.05) is 0 Å². The lowest BCUT2D eigenvalue weighted by Gasteiger charge is -2.15. The van der Waals surface area contributed by atoms with Crippen LogP contribution in [0.4, 0.5) is 0 Å². The number of hydrogen-bond acceptors (Lipinski definition) is 3. The maximum absolute atomic E-state index is 5.97. The van der Waals surface area contributed by atoms with Gasteiger partial charge < -0.3 is 4.42 Å². The summed E-state index contributed by atoms with van der Waals surface area (Å²) in [4.78, 5) is 0. The molecule has 2 rings (SSSR count). The van der Waals surface area contributed by atoms with Crippen molar-refractivity contribution in [1.82, 2.24) is 5.43 Å². The second-order valence-electron chi connectivity index (χ2n) is 3.41. The first-order valence-electron chi connectivity index (χ1n) is 4.77. The molecule has 1 atom stereocenters. The van der Waals surface area contributed by atoms with Gasteiger partial charge >= 0.3 is 0 Å². The van der Waals surface area contributed by atoms with Crippen molar-refractivity contribution in [2.24, 2.45) is 5.84 Å². The van der Waals surface area contributed by atoms with Crippen molar-refractivity contribution in [1.29, 1.82) is 0 Å². The van der Waals surface area contributed by atoms with Crippen LogP contribution in [0.1, 0.15) is 17.4 Å². The monoisotopic (exact) mass is 334 g/mol. The van der Waals surface area contributed by atoms with Crippen LogP contribution in [0.25, 0.3) is 0 Å². The normalized spacial score (nSPS) is 12.7. The summed E-state index contributed by atoms with van der Waals surface area (Å²) in [6.07, 6.45) is 1.58. The van der Waals surface area contributed by atoms with E-state index < -0.39 is 0 Å². The maximum Gasteiger partial charge on any atom is 0.140 e. The van der Waals surface area contributed by atoms with E-state index in [-0.39, 0.29) is 6.04 Å². The minimum atomic E-state index is -0.283. The first kappa shape index (κ1) is 12.9. The van der Waals surface area contributed by atoms with E-state index in [2.05, 4.69) is 21.4 Å². The fraction of sp³-hybridized carbons (Fsp3) is 0.0909. The molecule has 2 aromatic rings. The number of halogens is 3. The van der Waals surface area contributed by atoms with Crippen LogP contribution in [0.2, 0.25) is 10.0 Å². The lowest BCUT2D eigenvalue weighted by molar-refractivity contribution is 0.450. The Morgan fingerprint density at radius 1 is 1.24 bits per heavy atom. The van der Waals surface area contributed by atoms with Crippen LogP contribution in [0.5, 0.6) is 0 Å². The zero-order valence-electron chi connectivity index (χ0n) is 8.58. The van der Waals surface area contributed by atoms with E-state index >= 15 is 0 Å². The molecule has 0 spiro atoms. The summed E-state index contributed by atoms with van der Waals surface area (Å²) in [7, 11) is 0. The summed E-state index contributed by atoms with van der Waals surface area (Å²) in [5.74, 6) is 6.23. The smallest absolute Gasteiger partial charge is 0.140 e. The minimum Gasteiger partial charge on any atom is -0.466 e. The summed E-state index contributed by atoms with van der Waals surface area (Å²) >= 11 is 15.2. The highest BCUT2D eigenvalue weighted by molar-refractivity contribution is 9.10. The molecule has 0 aliphatic heterocycles. The highest BCUT2D eigenvalue weighted by Gasteiger charge is 2.19. The largest absolute Gasteiger partial charge is 0.466 e. The average molecular weight is 336 g/mol. The Morgan fingerprint density at radius 3 is 2.53 bits per heavy atom. The highest BCUT2D eigenvalue weighted by atomic mass is 79.9. The zero-order chi connectivity index (χ0) is 12.4. The van der Waals surface area contributed by atoms with Gasteiger partial charge in [-0.3, -0.25) is 5.84 Å². The van der Waals surface area contributed by atoms with Crippen LogP contribution >= 0.6 is 39.1 Å². The molecule has 0 aliphatic rings. The number of rotatable bonds is 3. The molecule has 17 heavy (non-hydrogen) atoms. The van der Waals surface area contributed by atoms with E-state index in [0.717, 1.165) is 10.0 Å². The molecule has 1 aromatic carbocycles. The number of furan rings is 1. The van der Waals surface area contributed by atoms with E-state index in [1.165, 1.54) is 0 Å². The molecule has 1 unspecified atom stereocenters. The fourth-order valence-corrected chi connectivity index (χ4v) is 2.26. The van der Waals surface area contributed by atoms with Crippen molar-refractivity contribution >= 4 is 39.1 Å². The highest BCUT2D eigenvalue weighted by Crippen LogP contribution is 2.32. The van der Waals surface area contributed by atoms with Crippen LogP contribution in [0, 0.1) is 0 Å². The second-order valence-corrected chi connectivity index (χ2v) is 5.07. The van der Waals surface area contributed by atoms with Gasteiger partial charge in [0.2, 0.25) is 0 Å². The van der Waals surface area contributed by atoms with Crippen molar-refractivity contribution in [3.63, 3.8) is 0 Å². The molecule has 0 amide bonds. The first-order valence-corrected chi connectivity index (χ1v) is 6.32. The number of hydrazine groups is 1. The Morgan fingerprint density at radius 2 is 2.00 bits per heavy atom. The lowest BCUT2D eigenvalue weighted by atomic mass is 10.1. The maximum atomic E-state index is 5.97. The van der Waals surface area contributed by atoms with Gasteiger partial charge in [0.1, 0.15) is 11.8 Å². The number of benzene rings is 1. The van der Waals surface area contributed by atoms with Gasteiger partial charge in [0.25, 0.3) is 0 Å². The predicted molar refractivity (Wildman–Crippen MR) is 72.0 cm³/mol. The minimum absolute atomic E-state index is 0.283. The first-order chi connectivity index (χ1) is 8.13. The molecular weight excluding hydrogens is 327 g/mol. The quantitative estimate of drug-likeness (QED) is 0.660. The van der Waals surface area contributed by atoms with Crippen molar-refractivity contribution in [2.45, 2.75) is 6.04 Å². The summed E-state index contributed by atoms with van der Waals surface area (Å²) in [6, 6.07) is 6.84. The number of nitrogens with two attached hydrogens (primary N) is 1. The van der Waals surface area contributed by atoms with Gasteiger partial charge in [-0.2, -0.15) is 0 Å². The Bertz CT molecular complexity index is 530. The number of hydrogen-bond donors (Lipinski definition) is 2. The third-order valence-electron chi connectivity index (χ3n) is 2.35. The van der Waals surface area contributed by atoms with Crippen LogP contribution in [-0.4, -0.2) is 0 Å². The zero-order valence-corrected chi connectivity index (χ0v) is 11.7. The molecular formula is C11H9BrCl2N2O. The third-order valence-corrected chi connectivity index (χ3v) is 3.74. The topological polar surface area (TPSA) is 51.2 Å². The molecule has 1 aromatic heterocycles. The molecule has 0 bridgehead atoms. The van der Waals surface area contributed by atoms with Crippen molar-refractivity contribution in [3.8, 4) is 0 Å². The molecule has 6 heteroatoms. The molecule has 0 saturated heterocycles. The Kier molecular flexibility index (Phi) is 4.12. The molecule has 3 N–H and O–H groups in total. The second kappa shape index (κ2) is 5.42. The van der Waals surface area contributed by atoms with E-state index in [1.807, 2.05) is 6.07 Å². The van der Waals surface area contributed by atoms with Gasteiger partial charge in [-0.05, 0) is 39.7 Å². The average Bonchev–Trinajstić information content (AvgIpc) is 2.71. The summed E-state index contributed by atoms with van der Waals surface area (Å²) in [5, 5.41) is 0.983. The van der Waals surface area contributed by atoms with E-state index in [0.29, 0.717) is 15.8 Å². The van der Waals surface area contributed by atoms with Crippen LogP contribution < -0.4 is 11.3 Å². The van der Waals surface area contributed by atoms with Crippen LogP contribution in [-0.2, 0) is 0 Å². The third kappa shape index (κ3) is 2.67. The summed E-state index contributed by atoms with van der Waals surface area (Å²) < 4.78 is 6.22. The molecule has 1 heterocycles. The van der Waals surface area contributed by atoms with Gasteiger partial charge in [-0.1, -0.05) is 29.3 Å². The van der Waals surface area contributed by atoms with E-state index in [1.54, 1.807) is 24.5 Å². The summed E-state index contributed by atoms with van der Waals surface area (Å²) in [6.45, 7) is 0. The van der Waals surface area contributed by atoms with Crippen molar-refractivity contribution < 1.29 is 4.42 Å². The van der Waals surface area contributed by atoms with E-state index in [4.69, 9.17) is 33.5 Å². The van der Waals surface area contributed by atoms with Gasteiger partial charge in [-0.15, -0.1) is 0 Å². The summed E-state index contributed by atoms with van der Waals surface area (Å²) in [5.41, 5.74) is 3.56. The fourth-order valence-electron chi connectivity index (χ4n) is 1.53. The van der Waals surface area contributed by atoms with Gasteiger partial charge in [0.05, 0.1) is 20.8 Å². The van der Waals surface area contributed by atoms with Gasteiger partial charge in [0.15, 0.2) is 0 Å². The molecule has 3 nitrogen and oxygen atoms in total. The molecule has 0 fully saturated rings. The van der Waals surface area contributed by atoms with Crippen molar-refractivity contribution in [3.05, 3.63) is 56.4 Å². The molecule has 0 radical (unpaired) electrons. The number of nitrogens with one attached hydrogen (secondary N) is 1. The Labute approximate surface area is 117 Å². The van der Waals surface area contributed by atoms with E-state index in [9.17, 15) is 0 Å². The van der Waals surface area contributed by atoms with Gasteiger partial charge in [-0.25, -0.2) is 5.43 Å². The molecule has 90 valence electrons. The Balaban J connectivity index is 2.42. The van der Waals surface area contributed by atoms with Crippen LogP contribution in [0.15, 0.2) is 39.4 Å². The standard InChI is InChI=1S/C11H9BrCl2N2O/c12-7-3-4-17-11(7)10(16-15)6-1-2-8(13)9(14)5-6/h1-5,10,16H,15H2.